The fourth-order valence-corrected chi connectivity index (χ4v) is 5.89. The molecular weight excluding hydrogens is 474 g/mol. The molecule has 0 amide bonds. The van der Waals surface area contributed by atoms with Crippen LogP contribution in [0.1, 0.15) is 37.7 Å². The Balaban J connectivity index is 1.04. The van der Waals surface area contributed by atoms with Crippen LogP contribution in [0.3, 0.4) is 0 Å². The molecule has 2 fully saturated rings. The summed E-state index contributed by atoms with van der Waals surface area (Å²) in [7, 11) is 0. The Labute approximate surface area is 218 Å². The minimum Gasteiger partial charge on any atom is -0.493 e. The quantitative estimate of drug-likeness (QED) is 0.301. The second-order valence-corrected chi connectivity index (χ2v) is 11.2. The Bertz CT molecular complexity index is 1040. The Morgan fingerprint density at radius 1 is 0.857 bits per heavy atom. The summed E-state index contributed by atoms with van der Waals surface area (Å²) in [5.74, 6) is 1.75. The Morgan fingerprint density at radius 2 is 1.60 bits per heavy atom. The van der Waals surface area contributed by atoms with Gasteiger partial charge in [-0.05, 0) is 72.7 Å². The summed E-state index contributed by atoms with van der Waals surface area (Å²) in [5.41, 5.74) is 3.42. The molecule has 2 heterocycles. The standard InChI is InChI=1S/C29H34ClN3OS/c30-26-10-15-29(31-20-26)25-8-6-23(7-9-25)21-32-16-18-33(19-17-32)35-28-13-11-27(12-14-28)34-22-24-4-2-1-3-5-24/h6-15,20,24H,1-5,16-19,21-22H2. The van der Waals surface area contributed by atoms with Gasteiger partial charge in [-0.1, -0.05) is 55.1 Å². The lowest BCUT2D eigenvalue weighted by Gasteiger charge is -2.33. The van der Waals surface area contributed by atoms with Gasteiger partial charge in [0.05, 0.1) is 17.3 Å². The smallest absolute Gasteiger partial charge is 0.119 e. The predicted molar refractivity (Wildman–Crippen MR) is 146 cm³/mol. The lowest BCUT2D eigenvalue weighted by atomic mass is 9.90. The summed E-state index contributed by atoms with van der Waals surface area (Å²) in [6, 6.07) is 21.2. The van der Waals surface area contributed by atoms with Crippen LogP contribution >= 0.6 is 23.5 Å². The van der Waals surface area contributed by atoms with E-state index in [1.54, 1.807) is 6.20 Å². The van der Waals surface area contributed by atoms with Gasteiger partial charge in [0.15, 0.2) is 0 Å². The largest absolute Gasteiger partial charge is 0.493 e. The Morgan fingerprint density at radius 3 is 2.29 bits per heavy atom. The number of benzene rings is 2. The molecule has 0 atom stereocenters. The highest BCUT2D eigenvalue weighted by Crippen LogP contribution is 2.28. The third kappa shape index (κ3) is 7.23. The zero-order valence-corrected chi connectivity index (χ0v) is 21.8. The van der Waals surface area contributed by atoms with Gasteiger partial charge in [-0.15, -0.1) is 0 Å². The van der Waals surface area contributed by atoms with Crippen LogP contribution in [0.15, 0.2) is 71.8 Å². The first-order chi connectivity index (χ1) is 17.2. The third-order valence-electron chi connectivity index (χ3n) is 6.98. The highest BCUT2D eigenvalue weighted by atomic mass is 35.5. The summed E-state index contributed by atoms with van der Waals surface area (Å²) < 4.78 is 8.54. The van der Waals surface area contributed by atoms with Crippen molar-refractivity contribution in [3.8, 4) is 17.0 Å². The highest BCUT2D eigenvalue weighted by molar-refractivity contribution is 7.97. The van der Waals surface area contributed by atoms with Gasteiger partial charge in [0.1, 0.15) is 5.75 Å². The second kappa shape index (κ2) is 12.3. The fourth-order valence-electron chi connectivity index (χ4n) is 4.88. The molecule has 184 valence electrons. The third-order valence-corrected chi connectivity index (χ3v) is 8.31. The SMILES string of the molecule is Clc1ccc(-c2ccc(CN3CCN(Sc4ccc(OCC5CCCCC5)cc4)CC3)cc2)nc1. The van der Waals surface area contributed by atoms with E-state index in [2.05, 4.69) is 62.7 Å². The number of ether oxygens (including phenoxy) is 1. The lowest BCUT2D eigenvalue weighted by Crippen LogP contribution is -2.42. The molecule has 1 saturated heterocycles. The molecule has 1 aromatic heterocycles. The average molecular weight is 508 g/mol. The Kier molecular flexibility index (Phi) is 8.63. The summed E-state index contributed by atoms with van der Waals surface area (Å²) >= 11 is 7.82. The van der Waals surface area contributed by atoms with Crippen molar-refractivity contribution in [3.05, 3.63) is 77.4 Å². The molecule has 3 aromatic rings. The summed E-state index contributed by atoms with van der Waals surface area (Å²) in [6.45, 7) is 6.15. The number of hydrogen-bond donors (Lipinski definition) is 0. The second-order valence-electron chi connectivity index (χ2n) is 9.64. The van der Waals surface area contributed by atoms with E-state index in [1.165, 1.54) is 42.6 Å². The maximum atomic E-state index is 6.06. The topological polar surface area (TPSA) is 28.6 Å². The van der Waals surface area contributed by atoms with E-state index in [-0.39, 0.29) is 0 Å². The van der Waals surface area contributed by atoms with E-state index in [4.69, 9.17) is 16.3 Å². The number of rotatable bonds is 8. The molecule has 6 heteroatoms. The van der Waals surface area contributed by atoms with Gasteiger partial charge >= 0.3 is 0 Å². The van der Waals surface area contributed by atoms with E-state index >= 15 is 0 Å². The van der Waals surface area contributed by atoms with Crippen molar-refractivity contribution in [1.82, 2.24) is 14.2 Å². The number of hydrogen-bond acceptors (Lipinski definition) is 5. The first-order valence-electron chi connectivity index (χ1n) is 12.8. The van der Waals surface area contributed by atoms with Crippen LogP contribution in [0.5, 0.6) is 5.75 Å². The van der Waals surface area contributed by atoms with Crippen LogP contribution in [0.2, 0.25) is 5.02 Å². The zero-order valence-electron chi connectivity index (χ0n) is 20.2. The molecule has 0 bridgehead atoms. The van der Waals surface area contributed by atoms with Gasteiger partial charge in [-0.2, -0.15) is 0 Å². The minimum absolute atomic E-state index is 0.665. The molecule has 1 aliphatic heterocycles. The lowest BCUT2D eigenvalue weighted by molar-refractivity contribution is 0.189. The van der Waals surface area contributed by atoms with Crippen LogP contribution < -0.4 is 4.74 Å². The maximum Gasteiger partial charge on any atom is 0.119 e. The van der Waals surface area contributed by atoms with Gasteiger partial charge in [-0.25, -0.2) is 4.31 Å². The molecular formula is C29H34ClN3OS. The van der Waals surface area contributed by atoms with Crippen LogP contribution in [0, 0.1) is 5.92 Å². The van der Waals surface area contributed by atoms with Crippen molar-refractivity contribution < 1.29 is 4.74 Å². The van der Waals surface area contributed by atoms with Crippen LogP contribution in [0.4, 0.5) is 0 Å². The summed E-state index contributed by atoms with van der Waals surface area (Å²) in [6.07, 6.45) is 8.48. The van der Waals surface area contributed by atoms with Crippen molar-refractivity contribution in [2.45, 2.75) is 43.5 Å². The van der Waals surface area contributed by atoms with Gasteiger partial charge in [0.25, 0.3) is 0 Å². The van der Waals surface area contributed by atoms with Crippen LogP contribution in [0.25, 0.3) is 11.3 Å². The van der Waals surface area contributed by atoms with Gasteiger partial charge in [0, 0.05) is 49.4 Å². The van der Waals surface area contributed by atoms with Crippen molar-refractivity contribution in [2.75, 3.05) is 32.8 Å². The normalized spacial score (nSPS) is 18.0. The van der Waals surface area contributed by atoms with E-state index < -0.39 is 0 Å². The number of nitrogens with zero attached hydrogens (tertiary/aromatic N) is 3. The fraction of sp³-hybridized carbons (Fsp3) is 0.414. The van der Waals surface area contributed by atoms with Crippen molar-refractivity contribution in [2.24, 2.45) is 5.92 Å². The molecule has 2 aliphatic rings. The first-order valence-corrected chi connectivity index (χ1v) is 14.0. The van der Waals surface area contributed by atoms with E-state index in [1.807, 2.05) is 24.1 Å². The summed E-state index contributed by atoms with van der Waals surface area (Å²) in [4.78, 5) is 8.24. The Hall–Kier alpha value is -2.05. The van der Waals surface area contributed by atoms with E-state index in [0.717, 1.165) is 62.3 Å². The van der Waals surface area contributed by atoms with Crippen molar-refractivity contribution in [1.29, 1.82) is 0 Å². The zero-order chi connectivity index (χ0) is 23.9. The van der Waals surface area contributed by atoms with Gasteiger partial charge < -0.3 is 4.74 Å². The van der Waals surface area contributed by atoms with E-state index in [9.17, 15) is 0 Å². The molecule has 0 N–H and O–H groups in total. The molecule has 4 nitrogen and oxygen atoms in total. The molecule has 5 rings (SSSR count). The van der Waals surface area contributed by atoms with Crippen molar-refractivity contribution >= 4 is 23.5 Å². The minimum atomic E-state index is 0.665. The number of pyridine rings is 1. The van der Waals surface area contributed by atoms with Gasteiger partial charge in [0.2, 0.25) is 0 Å². The molecule has 0 radical (unpaired) electrons. The molecule has 1 aliphatic carbocycles. The van der Waals surface area contributed by atoms with Crippen molar-refractivity contribution in [3.63, 3.8) is 0 Å². The van der Waals surface area contributed by atoms with Gasteiger partial charge in [-0.3, -0.25) is 9.88 Å². The highest BCUT2D eigenvalue weighted by Gasteiger charge is 2.18. The number of piperazine rings is 1. The summed E-state index contributed by atoms with van der Waals surface area (Å²) in [5, 5.41) is 0.665. The molecule has 0 spiro atoms. The average Bonchev–Trinajstić information content (AvgIpc) is 2.91. The molecule has 35 heavy (non-hydrogen) atoms. The number of halogens is 1. The maximum absolute atomic E-state index is 6.06. The first kappa shape index (κ1) is 24.6. The number of aromatic nitrogens is 1. The monoisotopic (exact) mass is 507 g/mol. The van der Waals surface area contributed by atoms with E-state index in [0.29, 0.717) is 5.02 Å². The van der Waals surface area contributed by atoms with Crippen LogP contribution in [-0.2, 0) is 6.54 Å². The molecule has 0 unspecified atom stereocenters. The molecule has 2 aromatic carbocycles. The van der Waals surface area contributed by atoms with Crippen LogP contribution in [-0.4, -0.2) is 47.0 Å². The molecule has 1 saturated carbocycles. The predicted octanol–water partition coefficient (Wildman–Crippen LogP) is 7.19.